The maximum absolute atomic E-state index is 13.6. The predicted molar refractivity (Wildman–Crippen MR) is 138 cm³/mol. The first-order valence-corrected chi connectivity index (χ1v) is 13.2. The van der Waals surface area contributed by atoms with Crippen molar-refractivity contribution in [3.63, 3.8) is 0 Å². The molecule has 0 spiro atoms. The summed E-state index contributed by atoms with van der Waals surface area (Å²) in [5.74, 6) is 1.08. The van der Waals surface area contributed by atoms with E-state index in [1.165, 1.54) is 41.2 Å². The van der Waals surface area contributed by atoms with Crippen LogP contribution in [0.5, 0.6) is 11.5 Å². The fourth-order valence-electron chi connectivity index (χ4n) is 4.28. The van der Waals surface area contributed by atoms with Gasteiger partial charge in [-0.1, -0.05) is 11.6 Å². The summed E-state index contributed by atoms with van der Waals surface area (Å²) >= 11 is 5.92. The lowest BCUT2D eigenvalue weighted by Gasteiger charge is -2.35. The van der Waals surface area contributed by atoms with Crippen LogP contribution in [0.25, 0.3) is 10.9 Å². The van der Waals surface area contributed by atoms with Crippen molar-refractivity contribution in [3.05, 3.63) is 47.5 Å². The summed E-state index contributed by atoms with van der Waals surface area (Å²) in [5.41, 5.74) is 1.22. The number of hydrogen-bond acceptors (Lipinski definition) is 7. The molecule has 0 unspecified atom stereocenters. The van der Waals surface area contributed by atoms with Crippen molar-refractivity contribution >= 4 is 44.2 Å². The van der Waals surface area contributed by atoms with E-state index in [9.17, 15) is 12.8 Å². The van der Waals surface area contributed by atoms with Crippen molar-refractivity contribution in [1.29, 1.82) is 0 Å². The molecule has 0 saturated heterocycles. The Morgan fingerprint density at radius 1 is 1.06 bits per heavy atom. The van der Waals surface area contributed by atoms with Gasteiger partial charge in [-0.3, -0.25) is 0 Å². The second-order valence-electron chi connectivity index (χ2n) is 8.85. The quantitative estimate of drug-likeness (QED) is 0.448. The molecule has 1 heterocycles. The largest absolute Gasteiger partial charge is 0.493 e. The van der Waals surface area contributed by atoms with Gasteiger partial charge >= 0.3 is 0 Å². The van der Waals surface area contributed by atoms with Crippen LogP contribution in [-0.2, 0) is 10.2 Å². The highest BCUT2D eigenvalue weighted by Crippen LogP contribution is 2.37. The Labute approximate surface area is 215 Å². The highest BCUT2D eigenvalue weighted by atomic mass is 35.5. The third-order valence-corrected chi connectivity index (χ3v) is 8.62. The molecule has 1 N–H and O–H groups in total. The van der Waals surface area contributed by atoms with E-state index in [0.29, 0.717) is 59.6 Å². The number of hydrogen-bond donors (Lipinski definition) is 1. The Bertz CT molecular complexity index is 1350. The van der Waals surface area contributed by atoms with Gasteiger partial charge in [-0.25, -0.2) is 14.4 Å². The Balaban J connectivity index is 1.54. The highest BCUT2D eigenvalue weighted by Gasteiger charge is 2.32. The van der Waals surface area contributed by atoms with Gasteiger partial charge in [-0.15, -0.1) is 0 Å². The third-order valence-electron chi connectivity index (χ3n) is 6.38. The molecule has 3 aromatic rings. The number of benzene rings is 2. The van der Waals surface area contributed by atoms with Crippen molar-refractivity contribution in [2.75, 3.05) is 33.6 Å². The summed E-state index contributed by atoms with van der Waals surface area (Å²) in [5, 5.41) is 3.86. The van der Waals surface area contributed by atoms with Crippen LogP contribution in [0.15, 0.2) is 36.7 Å². The van der Waals surface area contributed by atoms with Crippen LogP contribution in [0.1, 0.15) is 25.7 Å². The average molecular weight is 538 g/mol. The second kappa shape index (κ2) is 10.7. The van der Waals surface area contributed by atoms with Crippen molar-refractivity contribution in [1.82, 2.24) is 18.6 Å². The topological polar surface area (TPSA) is 96.9 Å². The first-order valence-electron chi connectivity index (χ1n) is 11.5. The molecule has 1 saturated carbocycles. The summed E-state index contributed by atoms with van der Waals surface area (Å²) in [7, 11) is 2.78. The number of halogens is 2. The molecule has 0 bridgehead atoms. The fourth-order valence-corrected chi connectivity index (χ4v) is 5.56. The normalized spacial score (nSPS) is 18.6. The number of aromatic nitrogens is 2. The first kappa shape index (κ1) is 26.3. The van der Waals surface area contributed by atoms with Gasteiger partial charge in [-0.05, 0) is 49.9 Å². The van der Waals surface area contributed by atoms with E-state index < -0.39 is 16.0 Å². The van der Waals surface area contributed by atoms with E-state index in [4.69, 9.17) is 21.1 Å². The lowest BCUT2D eigenvalue weighted by atomic mass is 9.93. The van der Waals surface area contributed by atoms with Gasteiger partial charge in [0.15, 0.2) is 11.5 Å². The number of nitrogens with zero attached hydrogens (tertiary/aromatic N) is 4. The summed E-state index contributed by atoms with van der Waals surface area (Å²) in [6.07, 6.45) is 4.10. The molecule has 9 nitrogen and oxygen atoms in total. The van der Waals surface area contributed by atoms with Gasteiger partial charge in [0.05, 0.1) is 23.8 Å². The van der Waals surface area contributed by atoms with Crippen molar-refractivity contribution in [2.24, 2.45) is 0 Å². The molecule has 0 aliphatic heterocycles. The molecule has 4 rings (SSSR count). The molecule has 1 aliphatic carbocycles. The Morgan fingerprint density at radius 3 is 2.42 bits per heavy atom. The number of ether oxygens (including phenoxy) is 2. The second-order valence-corrected chi connectivity index (χ2v) is 11.5. The molecule has 1 aliphatic rings. The molecule has 1 fully saturated rings. The van der Waals surface area contributed by atoms with E-state index in [2.05, 4.69) is 15.3 Å². The summed E-state index contributed by atoms with van der Waals surface area (Å²) in [6, 6.07) is 7.85. The molecule has 2 aromatic carbocycles. The molecule has 1 aromatic heterocycles. The first-order chi connectivity index (χ1) is 17.1. The number of fused-ring (bicyclic) bond motifs is 1. The van der Waals surface area contributed by atoms with E-state index >= 15 is 0 Å². The zero-order chi connectivity index (χ0) is 26.0. The van der Waals surface area contributed by atoms with Crippen LogP contribution in [0.3, 0.4) is 0 Å². The highest BCUT2D eigenvalue weighted by molar-refractivity contribution is 7.86. The van der Waals surface area contributed by atoms with Crippen LogP contribution < -0.4 is 14.8 Å². The van der Waals surface area contributed by atoms with Gasteiger partial charge in [0.25, 0.3) is 10.2 Å². The molecule has 12 heteroatoms. The molecule has 0 amide bonds. The molecule has 36 heavy (non-hydrogen) atoms. The number of methoxy groups -OCH3 is 1. The minimum Gasteiger partial charge on any atom is -0.493 e. The molecular weight excluding hydrogens is 509 g/mol. The van der Waals surface area contributed by atoms with Crippen LogP contribution in [0, 0.1) is 5.82 Å². The van der Waals surface area contributed by atoms with Crippen LogP contribution in [0.2, 0.25) is 5.02 Å². The smallest absolute Gasteiger partial charge is 0.281 e. The Morgan fingerprint density at radius 2 is 1.78 bits per heavy atom. The van der Waals surface area contributed by atoms with Gasteiger partial charge in [0.2, 0.25) is 0 Å². The van der Waals surface area contributed by atoms with Crippen LogP contribution in [-0.4, -0.2) is 67.4 Å². The predicted octanol–water partition coefficient (Wildman–Crippen LogP) is 4.60. The number of rotatable bonds is 8. The zero-order valence-electron chi connectivity index (χ0n) is 20.5. The third kappa shape index (κ3) is 5.49. The van der Waals surface area contributed by atoms with Gasteiger partial charge in [0, 0.05) is 44.3 Å². The summed E-state index contributed by atoms with van der Waals surface area (Å²) in [6.45, 7) is 0. The fraction of sp³-hybridized carbons (Fsp3) is 0.417. The maximum atomic E-state index is 13.6. The zero-order valence-corrected chi connectivity index (χ0v) is 22.1. The van der Waals surface area contributed by atoms with Crippen molar-refractivity contribution in [2.45, 2.75) is 37.8 Å². The summed E-state index contributed by atoms with van der Waals surface area (Å²) in [4.78, 5) is 8.68. The minimum atomic E-state index is -3.47. The number of anilines is 2. The number of nitrogens with one attached hydrogen (secondary N) is 1. The van der Waals surface area contributed by atoms with Crippen molar-refractivity contribution < 1.29 is 22.3 Å². The Hall–Kier alpha value is -2.73. The maximum Gasteiger partial charge on any atom is 0.281 e. The SMILES string of the molecule is COc1cc2ncnc(Nc3ccc(F)c(Cl)c3)c2cc1O[C@H]1CC[C@@H](N(C)S(=O)(=O)N(C)C)CC1. The molecule has 0 radical (unpaired) electrons. The standard InChI is InChI=1S/C24H29ClFN5O4S/c1-30(2)36(32,33)31(3)16-6-8-17(9-7-16)35-23-12-18-21(13-22(23)34-4)27-14-28-24(18)29-15-5-10-20(26)19(25)11-15/h5,10-14,16-17H,6-9H2,1-4H3,(H,27,28,29)/t16-,17+. The average Bonchev–Trinajstić information content (AvgIpc) is 2.86. The minimum absolute atomic E-state index is 0.00341. The molecule has 0 atom stereocenters. The van der Waals surface area contributed by atoms with E-state index in [-0.39, 0.29) is 17.2 Å². The Kier molecular flexibility index (Phi) is 7.84. The van der Waals surface area contributed by atoms with E-state index in [1.807, 2.05) is 6.07 Å². The van der Waals surface area contributed by atoms with Gasteiger partial charge in [0.1, 0.15) is 18.0 Å². The monoisotopic (exact) mass is 537 g/mol. The van der Waals surface area contributed by atoms with Crippen LogP contribution in [0.4, 0.5) is 15.9 Å². The van der Waals surface area contributed by atoms with Crippen LogP contribution >= 0.6 is 11.6 Å². The summed E-state index contributed by atoms with van der Waals surface area (Å²) < 4.78 is 53.0. The molecule has 194 valence electrons. The lowest BCUT2D eigenvalue weighted by Crippen LogP contribution is -2.45. The lowest BCUT2D eigenvalue weighted by molar-refractivity contribution is 0.120. The van der Waals surface area contributed by atoms with Crippen molar-refractivity contribution in [3.8, 4) is 11.5 Å². The van der Waals surface area contributed by atoms with Gasteiger partial charge in [-0.2, -0.15) is 17.0 Å². The van der Waals surface area contributed by atoms with E-state index in [0.717, 1.165) is 0 Å². The molecular formula is C24H29ClFN5O4S. The van der Waals surface area contributed by atoms with Gasteiger partial charge < -0.3 is 14.8 Å². The van der Waals surface area contributed by atoms with E-state index in [1.54, 1.807) is 26.3 Å².